The van der Waals surface area contributed by atoms with Crippen LogP contribution in [0.15, 0.2) is 30.5 Å². The normalized spacial score (nSPS) is 20.8. The maximum atomic E-state index is 14.1. The number of aryl methyl sites for hydroxylation is 1. The van der Waals surface area contributed by atoms with E-state index in [-0.39, 0.29) is 30.6 Å². The molecule has 40 heavy (non-hydrogen) atoms. The number of amides is 2. The third-order valence-electron chi connectivity index (χ3n) is 8.36. The number of primary amides is 1. The van der Waals surface area contributed by atoms with Gasteiger partial charge >= 0.3 is 6.18 Å². The molecule has 0 bridgehead atoms. The molecule has 1 fully saturated rings. The van der Waals surface area contributed by atoms with Gasteiger partial charge in [-0.05, 0) is 55.9 Å². The van der Waals surface area contributed by atoms with Crippen LogP contribution in [-0.4, -0.2) is 38.4 Å². The molecular weight excluding hydrogens is 533 g/mol. The van der Waals surface area contributed by atoms with Gasteiger partial charge in [0, 0.05) is 49.5 Å². The van der Waals surface area contributed by atoms with Gasteiger partial charge in [0.2, 0.25) is 11.8 Å². The fourth-order valence-corrected chi connectivity index (χ4v) is 6.36. The van der Waals surface area contributed by atoms with Crippen molar-refractivity contribution in [2.24, 2.45) is 11.7 Å². The van der Waals surface area contributed by atoms with Crippen molar-refractivity contribution in [1.29, 1.82) is 0 Å². The molecule has 1 aliphatic carbocycles. The molecule has 2 aromatic heterocycles. The highest BCUT2D eigenvalue weighted by Gasteiger charge is 2.44. The van der Waals surface area contributed by atoms with Gasteiger partial charge < -0.3 is 20.6 Å². The van der Waals surface area contributed by atoms with E-state index in [1.165, 1.54) is 0 Å². The summed E-state index contributed by atoms with van der Waals surface area (Å²) in [5, 5.41) is 2.60. The Labute approximate surface area is 227 Å². The van der Waals surface area contributed by atoms with Gasteiger partial charge in [0.1, 0.15) is 5.82 Å². The average molecular weight is 566 g/mol. The molecule has 1 aliphatic heterocycles. The first-order valence-electron chi connectivity index (χ1n) is 13.5. The SMILES string of the molecule is C[C@@H](NC(=O)CCC(F)(F)F)c1ccc2nc([C@@H](C3CCC(F)(F)CC3)C3CCn4ccc(C(N)=O)c43)[nH]c2c1. The number of hydrogen-bond donors (Lipinski definition) is 3. The Bertz CT molecular complexity index is 1400. The number of hydrogen-bond acceptors (Lipinski definition) is 3. The third kappa shape index (κ3) is 5.85. The molecule has 12 heteroatoms. The van der Waals surface area contributed by atoms with Crippen LogP contribution in [0.4, 0.5) is 22.0 Å². The summed E-state index contributed by atoms with van der Waals surface area (Å²) in [5.74, 6) is -3.76. The topological polar surface area (TPSA) is 106 Å². The van der Waals surface area contributed by atoms with Gasteiger partial charge in [0.25, 0.3) is 5.91 Å². The molecular formula is C28H32F5N5O2. The number of aromatic amines is 1. The molecule has 5 rings (SSSR count). The van der Waals surface area contributed by atoms with E-state index in [1.54, 1.807) is 31.2 Å². The number of aromatic nitrogens is 3. The van der Waals surface area contributed by atoms with Crippen LogP contribution in [0, 0.1) is 5.92 Å². The summed E-state index contributed by atoms with van der Waals surface area (Å²) >= 11 is 0. The minimum atomic E-state index is -4.41. The molecule has 1 aromatic carbocycles. The number of carbonyl (C=O) groups excluding carboxylic acids is 2. The maximum Gasteiger partial charge on any atom is 0.389 e. The van der Waals surface area contributed by atoms with E-state index >= 15 is 0 Å². The summed E-state index contributed by atoms with van der Waals surface area (Å²) in [7, 11) is 0. The summed E-state index contributed by atoms with van der Waals surface area (Å²) in [6.07, 6.45) is -3.47. The van der Waals surface area contributed by atoms with Gasteiger partial charge in [-0.2, -0.15) is 13.2 Å². The number of benzene rings is 1. The fourth-order valence-electron chi connectivity index (χ4n) is 6.36. The summed E-state index contributed by atoms with van der Waals surface area (Å²) in [4.78, 5) is 32.4. The number of carbonyl (C=O) groups is 2. The molecule has 3 atom stereocenters. The van der Waals surface area contributed by atoms with Gasteiger partial charge in [-0.15, -0.1) is 0 Å². The molecule has 4 N–H and O–H groups in total. The van der Waals surface area contributed by atoms with Crippen molar-refractivity contribution < 1.29 is 31.5 Å². The number of alkyl halides is 5. The quantitative estimate of drug-likeness (QED) is 0.288. The molecule has 1 saturated carbocycles. The fraction of sp³-hybridized carbons (Fsp3) is 0.536. The zero-order chi connectivity index (χ0) is 28.8. The molecule has 7 nitrogen and oxygen atoms in total. The van der Waals surface area contributed by atoms with Crippen LogP contribution in [-0.2, 0) is 11.3 Å². The predicted octanol–water partition coefficient (Wildman–Crippen LogP) is 6.08. The van der Waals surface area contributed by atoms with Gasteiger partial charge in [-0.3, -0.25) is 9.59 Å². The highest BCUT2D eigenvalue weighted by atomic mass is 19.4. The van der Waals surface area contributed by atoms with E-state index in [2.05, 4.69) is 10.3 Å². The van der Waals surface area contributed by atoms with Crippen molar-refractivity contribution in [3.8, 4) is 0 Å². The zero-order valence-electron chi connectivity index (χ0n) is 22.0. The molecule has 2 aliphatic rings. The van der Waals surface area contributed by atoms with Crippen molar-refractivity contribution in [2.75, 3.05) is 0 Å². The number of H-pyrrole nitrogens is 1. The number of fused-ring (bicyclic) bond motifs is 2. The Balaban J connectivity index is 1.44. The van der Waals surface area contributed by atoms with Crippen molar-refractivity contribution >= 4 is 22.8 Å². The first-order chi connectivity index (χ1) is 18.8. The van der Waals surface area contributed by atoms with Crippen LogP contribution in [0.25, 0.3) is 11.0 Å². The minimum Gasteiger partial charge on any atom is -0.366 e. The van der Waals surface area contributed by atoms with Crippen LogP contribution in [0.2, 0.25) is 0 Å². The lowest BCUT2D eigenvalue weighted by molar-refractivity contribution is -0.144. The van der Waals surface area contributed by atoms with Gasteiger partial charge in [0.15, 0.2) is 0 Å². The molecule has 1 unspecified atom stereocenters. The molecule has 0 radical (unpaired) electrons. The highest BCUT2D eigenvalue weighted by Crippen LogP contribution is 2.51. The Hall–Kier alpha value is -3.44. The lowest BCUT2D eigenvalue weighted by atomic mass is 9.71. The van der Waals surface area contributed by atoms with Crippen molar-refractivity contribution in [2.45, 2.75) is 88.4 Å². The second-order valence-electron chi connectivity index (χ2n) is 11.1. The predicted molar refractivity (Wildman–Crippen MR) is 138 cm³/mol. The zero-order valence-corrected chi connectivity index (χ0v) is 22.0. The maximum absolute atomic E-state index is 14.1. The molecule has 3 heterocycles. The van der Waals surface area contributed by atoms with Crippen molar-refractivity contribution in [3.05, 3.63) is 53.1 Å². The van der Waals surface area contributed by atoms with Crippen molar-refractivity contribution in [3.63, 3.8) is 0 Å². The Morgan fingerprint density at radius 1 is 1.20 bits per heavy atom. The largest absolute Gasteiger partial charge is 0.389 e. The van der Waals surface area contributed by atoms with E-state index in [1.807, 2.05) is 10.8 Å². The molecule has 0 saturated heterocycles. The molecule has 2 amide bonds. The number of rotatable bonds is 8. The molecule has 216 valence electrons. The lowest BCUT2D eigenvalue weighted by Gasteiger charge is -2.36. The molecule has 0 spiro atoms. The number of imidazole rings is 1. The van der Waals surface area contributed by atoms with Gasteiger partial charge in [-0.1, -0.05) is 6.07 Å². The monoisotopic (exact) mass is 565 g/mol. The van der Waals surface area contributed by atoms with Crippen LogP contribution < -0.4 is 11.1 Å². The standard InChI is InChI=1S/C28H32F5N5O2/c1-15(35-22(39)6-11-28(31,32)33)17-2-3-20-21(14-17)37-26(36-20)23(16-4-9-27(29,30)10-5-16)18-7-12-38-13-8-19(24(18)38)25(34)40/h2-3,8,13-16,18,23H,4-7,9-12H2,1H3,(H2,34,40)(H,35,39)(H,36,37)/t15-,18?,23+/m1/s1. The Morgan fingerprint density at radius 2 is 1.93 bits per heavy atom. The number of nitrogens with one attached hydrogen (secondary N) is 2. The van der Waals surface area contributed by atoms with E-state index in [4.69, 9.17) is 10.7 Å². The van der Waals surface area contributed by atoms with Gasteiger partial charge in [-0.25, -0.2) is 13.8 Å². The summed E-state index contributed by atoms with van der Waals surface area (Å²) < 4.78 is 67.6. The third-order valence-corrected chi connectivity index (χ3v) is 8.36. The lowest BCUT2D eigenvalue weighted by Crippen LogP contribution is -2.30. The van der Waals surface area contributed by atoms with Crippen LogP contribution in [0.1, 0.15) is 97.2 Å². The van der Waals surface area contributed by atoms with E-state index in [0.29, 0.717) is 47.4 Å². The second kappa shape index (κ2) is 10.5. The Morgan fingerprint density at radius 3 is 2.60 bits per heavy atom. The van der Waals surface area contributed by atoms with Crippen molar-refractivity contribution in [1.82, 2.24) is 19.9 Å². The summed E-state index contributed by atoms with van der Waals surface area (Å²) in [6, 6.07) is 6.47. The number of nitrogens with zero attached hydrogens (tertiary/aromatic N) is 2. The van der Waals surface area contributed by atoms with Gasteiger partial charge in [0.05, 0.1) is 29.1 Å². The minimum absolute atomic E-state index is 0.0846. The summed E-state index contributed by atoms with van der Waals surface area (Å²) in [6.45, 7) is 2.37. The number of halogens is 5. The Kier molecular flexibility index (Phi) is 7.39. The first-order valence-corrected chi connectivity index (χ1v) is 13.5. The van der Waals surface area contributed by atoms with Crippen LogP contribution in [0.5, 0.6) is 0 Å². The smallest absolute Gasteiger partial charge is 0.366 e. The second-order valence-corrected chi connectivity index (χ2v) is 11.1. The van der Waals surface area contributed by atoms with Crippen LogP contribution in [0.3, 0.4) is 0 Å². The summed E-state index contributed by atoms with van der Waals surface area (Å²) in [5.41, 5.74) is 8.90. The van der Waals surface area contributed by atoms with E-state index in [0.717, 1.165) is 12.1 Å². The average Bonchev–Trinajstić information content (AvgIpc) is 3.58. The van der Waals surface area contributed by atoms with E-state index in [9.17, 15) is 31.5 Å². The van der Waals surface area contributed by atoms with Crippen LogP contribution >= 0.6 is 0 Å². The highest BCUT2D eigenvalue weighted by molar-refractivity contribution is 5.94. The number of nitrogens with two attached hydrogens (primary N) is 1. The molecule has 3 aromatic rings. The first kappa shape index (κ1) is 28.1. The van der Waals surface area contributed by atoms with E-state index < -0.39 is 42.8 Å².